The number of carbonyl (C=O) groups is 1. The lowest BCUT2D eigenvalue weighted by Crippen LogP contribution is -2.19. The third kappa shape index (κ3) is 7.92. The normalized spacial score (nSPS) is 11.5. The number of hydrazone groups is 1. The molecule has 1 heterocycles. The number of benzene rings is 3. The largest absolute Gasteiger partial charge is 0.488 e. The van der Waals surface area contributed by atoms with E-state index in [9.17, 15) is 18.0 Å². The van der Waals surface area contributed by atoms with Crippen molar-refractivity contribution in [2.45, 2.75) is 19.2 Å². The average Bonchev–Trinajstić information content (AvgIpc) is 3.30. The van der Waals surface area contributed by atoms with Crippen LogP contribution >= 0.6 is 45.5 Å². The molecule has 0 spiro atoms. The molecule has 0 unspecified atom stereocenters. The molecule has 1 amide bonds. The second kappa shape index (κ2) is 12.6. The van der Waals surface area contributed by atoms with Gasteiger partial charge in [-0.15, -0.1) is 11.3 Å². The Hall–Kier alpha value is -3.16. The fourth-order valence-electron chi connectivity index (χ4n) is 3.21. The first kappa shape index (κ1) is 27.9. The molecule has 0 fully saturated rings. The highest BCUT2D eigenvalue weighted by Gasteiger charge is 2.30. The SMILES string of the molecule is O=C(Cc1csc(Nc2cccc(C(F)(F)F)c2)n1)N/N=C\c1ccc(OCc2ccccc2Cl)c(I)c1. The van der Waals surface area contributed by atoms with Gasteiger partial charge in [-0.2, -0.15) is 18.3 Å². The fourth-order valence-corrected chi connectivity index (χ4v) is 4.83. The van der Waals surface area contributed by atoms with E-state index in [2.05, 4.69) is 43.4 Å². The van der Waals surface area contributed by atoms with Gasteiger partial charge in [-0.1, -0.05) is 35.9 Å². The molecule has 0 aliphatic heterocycles. The van der Waals surface area contributed by atoms with Gasteiger partial charge in [0.15, 0.2) is 5.13 Å². The van der Waals surface area contributed by atoms with Crippen LogP contribution < -0.4 is 15.5 Å². The summed E-state index contributed by atoms with van der Waals surface area (Å²) in [6.45, 7) is 0.340. The van der Waals surface area contributed by atoms with E-state index in [4.69, 9.17) is 16.3 Å². The summed E-state index contributed by atoms with van der Waals surface area (Å²) in [5, 5.41) is 9.50. The fraction of sp³-hybridized carbons (Fsp3) is 0.115. The van der Waals surface area contributed by atoms with Crippen molar-refractivity contribution in [1.82, 2.24) is 10.4 Å². The molecule has 6 nitrogen and oxygen atoms in total. The summed E-state index contributed by atoms with van der Waals surface area (Å²) in [6, 6.07) is 17.8. The number of carbonyl (C=O) groups excluding carboxylic acids is 1. The van der Waals surface area contributed by atoms with E-state index in [0.29, 0.717) is 28.2 Å². The molecule has 0 atom stereocenters. The van der Waals surface area contributed by atoms with Crippen molar-refractivity contribution in [1.29, 1.82) is 0 Å². The van der Waals surface area contributed by atoms with Crippen LogP contribution in [-0.4, -0.2) is 17.1 Å². The molecule has 196 valence electrons. The van der Waals surface area contributed by atoms with Gasteiger partial charge in [0.1, 0.15) is 12.4 Å². The number of ether oxygens (including phenoxy) is 1. The number of thiazole rings is 1. The number of alkyl halides is 3. The molecule has 12 heteroatoms. The number of halogens is 5. The predicted molar refractivity (Wildman–Crippen MR) is 151 cm³/mol. The zero-order chi connectivity index (χ0) is 27.1. The minimum absolute atomic E-state index is 0.0372. The molecule has 0 aliphatic carbocycles. The molecule has 38 heavy (non-hydrogen) atoms. The van der Waals surface area contributed by atoms with Crippen LogP contribution in [0.15, 0.2) is 77.2 Å². The molecular weight excluding hydrogens is 652 g/mol. The van der Waals surface area contributed by atoms with Crippen LogP contribution in [0.25, 0.3) is 0 Å². The second-order valence-electron chi connectivity index (χ2n) is 7.89. The van der Waals surface area contributed by atoms with E-state index in [1.165, 1.54) is 29.7 Å². The van der Waals surface area contributed by atoms with Crippen molar-refractivity contribution in [3.05, 3.63) is 103 Å². The molecule has 0 saturated carbocycles. The number of aromatic nitrogens is 1. The Morgan fingerprint density at radius 3 is 2.71 bits per heavy atom. The number of hydrogen-bond donors (Lipinski definition) is 2. The molecule has 4 aromatic rings. The van der Waals surface area contributed by atoms with Gasteiger partial charge in [-0.05, 0) is 70.6 Å². The molecule has 3 aromatic carbocycles. The van der Waals surface area contributed by atoms with Gasteiger partial charge in [-0.25, -0.2) is 10.4 Å². The first-order valence-electron chi connectivity index (χ1n) is 11.0. The minimum Gasteiger partial charge on any atom is -0.488 e. The van der Waals surface area contributed by atoms with Gasteiger partial charge in [0.05, 0.1) is 27.5 Å². The van der Waals surface area contributed by atoms with Crippen molar-refractivity contribution in [2.75, 3.05) is 5.32 Å². The molecule has 1 aromatic heterocycles. The Kier molecular flexibility index (Phi) is 9.23. The van der Waals surface area contributed by atoms with Gasteiger partial charge in [0.25, 0.3) is 0 Å². The quantitative estimate of drug-likeness (QED) is 0.110. The Labute approximate surface area is 239 Å². The van der Waals surface area contributed by atoms with Crippen LogP contribution in [-0.2, 0) is 24.0 Å². The number of nitrogens with zero attached hydrogens (tertiary/aromatic N) is 2. The Bertz CT molecular complexity index is 1460. The summed E-state index contributed by atoms with van der Waals surface area (Å²) in [6.07, 6.45) is -2.96. The molecule has 0 aliphatic rings. The Morgan fingerprint density at radius 1 is 1.13 bits per heavy atom. The highest BCUT2D eigenvalue weighted by molar-refractivity contribution is 14.1. The van der Waals surface area contributed by atoms with Crippen LogP contribution in [0.2, 0.25) is 5.02 Å². The van der Waals surface area contributed by atoms with Crippen molar-refractivity contribution in [2.24, 2.45) is 5.10 Å². The van der Waals surface area contributed by atoms with E-state index in [0.717, 1.165) is 26.8 Å². The summed E-state index contributed by atoms with van der Waals surface area (Å²) < 4.78 is 45.4. The van der Waals surface area contributed by atoms with Crippen molar-refractivity contribution in [3.63, 3.8) is 0 Å². The summed E-state index contributed by atoms with van der Waals surface area (Å²) in [7, 11) is 0. The highest BCUT2D eigenvalue weighted by Crippen LogP contribution is 2.32. The zero-order valence-electron chi connectivity index (χ0n) is 19.4. The van der Waals surface area contributed by atoms with E-state index in [1.54, 1.807) is 5.38 Å². The molecule has 0 bridgehead atoms. The van der Waals surface area contributed by atoms with Crippen molar-refractivity contribution >= 4 is 68.5 Å². The third-order valence-electron chi connectivity index (χ3n) is 5.03. The Balaban J connectivity index is 1.27. The smallest absolute Gasteiger partial charge is 0.416 e. The molecule has 0 saturated heterocycles. The highest BCUT2D eigenvalue weighted by atomic mass is 127. The summed E-state index contributed by atoms with van der Waals surface area (Å²) >= 11 is 9.51. The maximum absolute atomic E-state index is 12.9. The summed E-state index contributed by atoms with van der Waals surface area (Å²) in [4.78, 5) is 16.5. The maximum Gasteiger partial charge on any atom is 0.416 e. The second-order valence-corrected chi connectivity index (χ2v) is 10.3. The van der Waals surface area contributed by atoms with Gasteiger partial charge >= 0.3 is 6.18 Å². The number of hydrogen-bond acceptors (Lipinski definition) is 6. The average molecular weight is 671 g/mol. The monoisotopic (exact) mass is 670 g/mol. The topological polar surface area (TPSA) is 75.6 Å². The summed E-state index contributed by atoms with van der Waals surface area (Å²) in [5.74, 6) is 0.316. The first-order valence-corrected chi connectivity index (χ1v) is 13.4. The first-order chi connectivity index (χ1) is 18.2. The van der Waals surface area contributed by atoms with Crippen LogP contribution in [0.4, 0.5) is 24.0 Å². The minimum atomic E-state index is -4.43. The molecule has 2 N–H and O–H groups in total. The van der Waals surface area contributed by atoms with E-state index < -0.39 is 11.7 Å². The lowest BCUT2D eigenvalue weighted by molar-refractivity contribution is -0.137. The third-order valence-corrected chi connectivity index (χ3v) is 7.05. The van der Waals surface area contributed by atoms with E-state index >= 15 is 0 Å². The summed E-state index contributed by atoms with van der Waals surface area (Å²) in [5.41, 5.74) is 4.06. The maximum atomic E-state index is 12.9. The lowest BCUT2D eigenvalue weighted by Gasteiger charge is -2.10. The van der Waals surface area contributed by atoms with E-state index in [-0.39, 0.29) is 18.0 Å². The van der Waals surface area contributed by atoms with Gasteiger partial charge in [-0.3, -0.25) is 4.79 Å². The van der Waals surface area contributed by atoms with E-state index in [1.807, 2.05) is 42.5 Å². The van der Waals surface area contributed by atoms with Gasteiger partial charge < -0.3 is 10.1 Å². The number of anilines is 2. The Morgan fingerprint density at radius 2 is 1.95 bits per heavy atom. The number of amides is 1. The van der Waals surface area contributed by atoms with Crippen LogP contribution in [0.5, 0.6) is 5.75 Å². The number of nitrogens with one attached hydrogen (secondary N) is 2. The number of rotatable bonds is 9. The van der Waals surface area contributed by atoms with Crippen molar-refractivity contribution in [3.8, 4) is 5.75 Å². The van der Waals surface area contributed by atoms with Crippen LogP contribution in [0, 0.1) is 3.57 Å². The lowest BCUT2D eigenvalue weighted by atomic mass is 10.2. The van der Waals surface area contributed by atoms with Gasteiger partial charge in [0, 0.05) is 21.7 Å². The van der Waals surface area contributed by atoms with Crippen LogP contribution in [0.1, 0.15) is 22.4 Å². The van der Waals surface area contributed by atoms with Crippen LogP contribution in [0.3, 0.4) is 0 Å². The molecule has 0 radical (unpaired) electrons. The van der Waals surface area contributed by atoms with Crippen molar-refractivity contribution < 1.29 is 22.7 Å². The molecule has 4 rings (SSSR count). The van der Waals surface area contributed by atoms with Gasteiger partial charge in [0.2, 0.25) is 5.91 Å². The molecular formula is C26H19ClF3IN4O2S. The predicted octanol–water partition coefficient (Wildman–Crippen LogP) is 7.44. The zero-order valence-corrected chi connectivity index (χ0v) is 23.2. The standard InChI is InChI=1S/C26H19ClF3IN4O2S/c27-21-7-2-1-4-17(21)14-37-23-9-8-16(10-22(23)31)13-32-35-24(36)12-20-15-38-25(34-20)33-19-6-3-5-18(11-19)26(28,29)30/h1-11,13,15H,12,14H2,(H,33,34)(H,35,36)/b32-13-.